The van der Waals surface area contributed by atoms with E-state index in [1.807, 2.05) is 13.0 Å². The molecule has 8 nitrogen and oxygen atoms in total. The van der Waals surface area contributed by atoms with Gasteiger partial charge in [0.15, 0.2) is 11.5 Å². The highest BCUT2D eigenvalue weighted by molar-refractivity contribution is 7.91. The van der Waals surface area contributed by atoms with E-state index in [1.165, 1.54) is 39.7 Å². The van der Waals surface area contributed by atoms with E-state index in [2.05, 4.69) is 4.98 Å². The van der Waals surface area contributed by atoms with E-state index in [9.17, 15) is 13.7 Å². The molecule has 31 heavy (non-hydrogen) atoms. The predicted molar refractivity (Wildman–Crippen MR) is 115 cm³/mol. The van der Waals surface area contributed by atoms with Crippen molar-refractivity contribution < 1.29 is 22.6 Å². The van der Waals surface area contributed by atoms with Gasteiger partial charge in [0.2, 0.25) is 15.6 Å². The number of aryl methyl sites for hydroxylation is 1. The van der Waals surface area contributed by atoms with Crippen molar-refractivity contribution in [3.63, 3.8) is 0 Å². The average molecular weight is 439 g/mol. The van der Waals surface area contributed by atoms with Crippen LogP contribution in [0.3, 0.4) is 0 Å². The number of nitriles is 1. The molecular formula is C22H21N3O5S. The van der Waals surface area contributed by atoms with E-state index in [0.29, 0.717) is 11.3 Å². The van der Waals surface area contributed by atoms with Crippen LogP contribution in [0.1, 0.15) is 11.1 Å². The Kier molecular flexibility index (Phi) is 6.04. The van der Waals surface area contributed by atoms with Gasteiger partial charge >= 0.3 is 0 Å². The maximum Gasteiger partial charge on any atom is 0.210 e. The van der Waals surface area contributed by atoms with Crippen molar-refractivity contribution in [3.05, 3.63) is 53.7 Å². The van der Waals surface area contributed by atoms with E-state index in [1.54, 1.807) is 24.3 Å². The lowest BCUT2D eigenvalue weighted by Crippen LogP contribution is -2.11. The van der Waals surface area contributed by atoms with Crippen LogP contribution < -0.4 is 19.9 Å². The van der Waals surface area contributed by atoms with Crippen LogP contribution in [-0.2, 0) is 9.84 Å². The van der Waals surface area contributed by atoms with Crippen molar-refractivity contribution in [3.8, 4) is 34.4 Å². The van der Waals surface area contributed by atoms with Gasteiger partial charge in [-0.2, -0.15) is 5.26 Å². The fraction of sp³-hybridized carbons (Fsp3) is 0.182. The van der Waals surface area contributed by atoms with E-state index < -0.39 is 9.84 Å². The first-order chi connectivity index (χ1) is 14.8. The number of nitrogens with zero attached hydrogens (tertiary/aromatic N) is 2. The maximum atomic E-state index is 13.6. The molecule has 160 valence electrons. The normalized spacial score (nSPS) is 10.9. The molecule has 0 unspecified atom stereocenters. The van der Waals surface area contributed by atoms with Crippen LogP contribution >= 0.6 is 0 Å². The zero-order valence-corrected chi connectivity index (χ0v) is 18.3. The number of methoxy groups -OCH3 is 3. The first kappa shape index (κ1) is 21.9. The Morgan fingerprint density at radius 2 is 1.61 bits per heavy atom. The highest BCUT2D eigenvalue weighted by Crippen LogP contribution is 2.48. The Labute approximate surface area is 180 Å². The molecule has 0 radical (unpaired) electrons. The van der Waals surface area contributed by atoms with Gasteiger partial charge in [-0.1, -0.05) is 17.7 Å². The maximum absolute atomic E-state index is 13.6. The van der Waals surface area contributed by atoms with E-state index >= 15 is 0 Å². The SMILES string of the molecule is COc1ccc(-c2c(C#N)cnc(N)c2S(=O)(=O)c2ccc(C)cc2)c(OC)c1OC. The second kappa shape index (κ2) is 8.53. The minimum Gasteiger partial charge on any atom is -0.493 e. The summed E-state index contributed by atoms with van der Waals surface area (Å²) >= 11 is 0. The van der Waals surface area contributed by atoms with Crippen LogP contribution in [0.5, 0.6) is 17.2 Å². The molecule has 2 aromatic carbocycles. The molecule has 2 N–H and O–H groups in total. The molecule has 0 spiro atoms. The third-order valence-corrected chi connectivity index (χ3v) is 6.60. The first-order valence-corrected chi connectivity index (χ1v) is 10.6. The molecule has 0 bridgehead atoms. The van der Waals surface area contributed by atoms with Crippen molar-refractivity contribution in [1.29, 1.82) is 5.26 Å². The monoisotopic (exact) mass is 439 g/mol. The minimum absolute atomic E-state index is 0.0189. The third-order valence-electron chi connectivity index (χ3n) is 4.76. The largest absolute Gasteiger partial charge is 0.493 e. The van der Waals surface area contributed by atoms with Gasteiger partial charge in [-0.3, -0.25) is 0 Å². The van der Waals surface area contributed by atoms with E-state index in [-0.39, 0.29) is 38.2 Å². The Morgan fingerprint density at radius 3 is 2.16 bits per heavy atom. The number of aromatic nitrogens is 1. The number of nitrogens with two attached hydrogens (primary N) is 1. The molecule has 0 aliphatic heterocycles. The van der Waals surface area contributed by atoms with Crippen molar-refractivity contribution in [2.75, 3.05) is 27.1 Å². The van der Waals surface area contributed by atoms with Gasteiger partial charge < -0.3 is 19.9 Å². The van der Waals surface area contributed by atoms with Crippen LogP contribution in [0.15, 0.2) is 52.4 Å². The summed E-state index contributed by atoms with van der Waals surface area (Å²) in [7, 11) is 0.182. The molecule has 0 aliphatic rings. The molecule has 0 atom stereocenters. The predicted octanol–water partition coefficient (Wildman–Crippen LogP) is 3.37. The number of hydrogen-bond acceptors (Lipinski definition) is 8. The van der Waals surface area contributed by atoms with Crippen LogP contribution in [-0.4, -0.2) is 34.7 Å². The molecule has 0 fully saturated rings. The number of pyridine rings is 1. The number of nitrogen functional groups attached to an aromatic ring is 1. The summed E-state index contributed by atoms with van der Waals surface area (Å²) < 4.78 is 43.4. The second-order valence-electron chi connectivity index (χ2n) is 6.57. The molecule has 0 amide bonds. The lowest BCUT2D eigenvalue weighted by molar-refractivity contribution is 0.325. The number of ether oxygens (including phenoxy) is 3. The smallest absolute Gasteiger partial charge is 0.210 e. The fourth-order valence-corrected chi connectivity index (χ4v) is 4.81. The highest BCUT2D eigenvalue weighted by atomic mass is 32.2. The molecule has 9 heteroatoms. The van der Waals surface area contributed by atoms with Gasteiger partial charge in [0.1, 0.15) is 16.8 Å². The van der Waals surface area contributed by atoms with Crippen LogP contribution in [0.2, 0.25) is 0 Å². The number of anilines is 1. The van der Waals surface area contributed by atoms with Crippen molar-refractivity contribution >= 4 is 15.7 Å². The summed E-state index contributed by atoms with van der Waals surface area (Å²) in [5.41, 5.74) is 7.36. The van der Waals surface area contributed by atoms with E-state index in [0.717, 1.165) is 5.56 Å². The lowest BCUT2D eigenvalue weighted by Gasteiger charge is -2.19. The van der Waals surface area contributed by atoms with Gasteiger partial charge in [0, 0.05) is 17.3 Å². The highest BCUT2D eigenvalue weighted by Gasteiger charge is 2.31. The lowest BCUT2D eigenvalue weighted by atomic mass is 10.00. The summed E-state index contributed by atoms with van der Waals surface area (Å²) in [6, 6.07) is 11.5. The van der Waals surface area contributed by atoms with Crippen molar-refractivity contribution in [2.45, 2.75) is 16.7 Å². The molecule has 1 aromatic heterocycles. The first-order valence-electron chi connectivity index (χ1n) is 9.09. The number of rotatable bonds is 6. The zero-order valence-electron chi connectivity index (χ0n) is 17.5. The van der Waals surface area contributed by atoms with Gasteiger partial charge in [-0.25, -0.2) is 13.4 Å². The van der Waals surface area contributed by atoms with Gasteiger partial charge in [0.05, 0.1) is 31.8 Å². The molecule has 1 heterocycles. The molecule has 0 aliphatic carbocycles. The van der Waals surface area contributed by atoms with Gasteiger partial charge in [-0.15, -0.1) is 0 Å². The summed E-state index contributed by atoms with van der Waals surface area (Å²) in [5.74, 6) is 0.600. The minimum atomic E-state index is -4.12. The van der Waals surface area contributed by atoms with Crippen LogP contribution in [0.4, 0.5) is 5.82 Å². The average Bonchev–Trinajstić information content (AvgIpc) is 2.77. The number of sulfone groups is 1. The molecular weight excluding hydrogens is 418 g/mol. The summed E-state index contributed by atoms with van der Waals surface area (Å²) in [5, 5.41) is 9.74. The summed E-state index contributed by atoms with van der Waals surface area (Å²) in [6.07, 6.45) is 1.23. The zero-order chi connectivity index (χ0) is 22.8. The van der Waals surface area contributed by atoms with Crippen molar-refractivity contribution in [1.82, 2.24) is 4.98 Å². The van der Waals surface area contributed by atoms with Crippen LogP contribution in [0, 0.1) is 18.3 Å². The Bertz CT molecular complexity index is 1280. The molecule has 3 rings (SSSR count). The summed E-state index contributed by atoms with van der Waals surface area (Å²) in [4.78, 5) is 3.71. The molecule has 0 saturated heterocycles. The standard InChI is InChI=1S/C22H21N3O5S/c1-13-5-7-15(8-6-13)31(26,27)21-18(14(11-23)12-25-22(21)24)16-9-10-17(28-2)20(30-4)19(16)29-3/h5-10,12H,1-4H3,(H2,24,25). The molecule has 3 aromatic rings. The quantitative estimate of drug-likeness (QED) is 0.620. The number of hydrogen-bond donors (Lipinski definition) is 1. The van der Waals surface area contributed by atoms with E-state index in [4.69, 9.17) is 19.9 Å². The summed E-state index contributed by atoms with van der Waals surface area (Å²) in [6.45, 7) is 1.85. The second-order valence-corrected chi connectivity index (χ2v) is 8.46. The Morgan fingerprint density at radius 1 is 0.968 bits per heavy atom. The third kappa shape index (κ3) is 3.73. The molecule has 0 saturated carbocycles. The fourth-order valence-electron chi connectivity index (χ4n) is 3.27. The van der Waals surface area contributed by atoms with Gasteiger partial charge in [-0.05, 0) is 31.2 Å². The Balaban J connectivity index is 2.45. The topological polar surface area (TPSA) is 125 Å². The van der Waals surface area contributed by atoms with Crippen molar-refractivity contribution in [2.24, 2.45) is 0 Å². The van der Waals surface area contributed by atoms with Crippen LogP contribution in [0.25, 0.3) is 11.1 Å². The number of benzene rings is 2. The van der Waals surface area contributed by atoms with Gasteiger partial charge in [0.25, 0.3) is 0 Å². The Hall–Kier alpha value is -3.77.